The zero-order valence-electron chi connectivity index (χ0n) is 8.67. The molecule has 0 radical (unpaired) electrons. The van der Waals surface area contributed by atoms with Crippen molar-refractivity contribution < 1.29 is 0 Å². The van der Waals surface area contributed by atoms with Gasteiger partial charge < -0.3 is 5.73 Å². The summed E-state index contributed by atoms with van der Waals surface area (Å²) in [5, 5.41) is 1.08. The predicted octanol–water partition coefficient (Wildman–Crippen LogP) is 3.95. The van der Waals surface area contributed by atoms with E-state index in [2.05, 4.69) is 4.98 Å². The molecule has 0 saturated heterocycles. The van der Waals surface area contributed by atoms with Crippen LogP contribution < -0.4 is 5.73 Å². The van der Waals surface area contributed by atoms with Crippen molar-refractivity contribution in [1.82, 2.24) is 4.98 Å². The van der Waals surface area contributed by atoms with Gasteiger partial charge in [0.1, 0.15) is 5.82 Å². The highest BCUT2D eigenvalue weighted by atomic mass is 35.5. The molecular weight excluding hydrogens is 243 g/mol. The van der Waals surface area contributed by atoms with Gasteiger partial charge in [-0.25, -0.2) is 4.98 Å². The van der Waals surface area contributed by atoms with Crippen molar-refractivity contribution in [2.24, 2.45) is 0 Å². The molecule has 1 aromatic heterocycles. The average Bonchev–Trinajstić information content (AvgIpc) is 2.23. The van der Waals surface area contributed by atoms with Crippen LogP contribution in [0.15, 0.2) is 30.5 Å². The van der Waals surface area contributed by atoms with Crippen LogP contribution in [0.25, 0.3) is 11.1 Å². The highest BCUT2D eigenvalue weighted by Gasteiger charge is 2.09. The minimum absolute atomic E-state index is 0.499. The van der Waals surface area contributed by atoms with Gasteiger partial charge in [0.15, 0.2) is 0 Å². The highest BCUT2D eigenvalue weighted by Crippen LogP contribution is 2.34. The number of nitrogens with zero attached hydrogens (tertiary/aromatic N) is 1. The fourth-order valence-corrected chi connectivity index (χ4v) is 1.97. The first-order chi connectivity index (χ1) is 7.59. The summed E-state index contributed by atoms with van der Waals surface area (Å²) in [5.41, 5.74) is 8.45. The standard InChI is InChI=1S/C12H10Cl2N2/c1-7-5-11(15)16-6-9(7)8-3-2-4-10(13)12(8)14/h2-6H,1H3,(H2,15,16). The number of hydrogen-bond acceptors (Lipinski definition) is 2. The average molecular weight is 253 g/mol. The van der Waals surface area contributed by atoms with E-state index in [1.165, 1.54) is 0 Å². The molecule has 0 bridgehead atoms. The Bertz CT molecular complexity index is 539. The molecule has 0 saturated carbocycles. The predicted molar refractivity (Wildman–Crippen MR) is 68.8 cm³/mol. The summed E-state index contributed by atoms with van der Waals surface area (Å²) >= 11 is 12.1. The lowest BCUT2D eigenvalue weighted by Crippen LogP contribution is -1.93. The molecule has 2 rings (SSSR count). The van der Waals surface area contributed by atoms with Crippen molar-refractivity contribution in [3.63, 3.8) is 0 Å². The monoisotopic (exact) mass is 252 g/mol. The lowest BCUT2D eigenvalue weighted by molar-refractivity contribution is 1.29. The summed E-state index contributed by atoms with van der Waals surface area (Å²) in [6.45, 7) is 1.96. The third-order valence-electron chi connectivity index (χ3n) is 2.37. The van der Waals surface area contributed by atoms with E-state index in [4.69, 9.17) is 28.9 Å². The number of benzene rings is 1. The zero-order chi connectivity index (χ0) is 11.7. The molecule has 0 unspecified atom stereocenters. The number of halogens is 2. The SMILES string of the molecule is Cc1cc(N)ncc1-c1cccc(Cl)c1Cl. The van der Waals surface area contributed by atoms with E-state index in [1.54, 1.807) is 12.3 Å². The maximum Gasteiger partial charge on any atom is 0.123 e. The van der Waals surface area contributed by atoms with E-state index in [9.17, 15) is 0 Å². The molecule has 0 aliphatic carbocycles. The summed E-state index contributed by atoms with van der Waals surface area (Å²) in [4.78, 5) is 4.06. The number of pyridine rings is 1. The van der Waals surface area contributed by atoms with Gasteiger partial charge in [-0.05, 0) is 24.6 Å². The Kier molecular flexibility index (Phi) is 3.03. The van der Waals surface area contributed by atoms with Crippen molar-refractivity contribution in [2.75, 3.05) is 5.73 Å². The van der Waals surface area contributed by atoms with Gasteiger partial charge in [-0.3, -0.25) is 0 Å². The van der Waals surface area contributed by atoms with E-state index in [-0.39, 0.29) is 0 Å². The minimum Gasteiger partial charge on any atom is -0.384 e. The summed E-state index contributed by atoms with van der Waals surface area (Å²) in [7, 11) is 0. The summed E-state index contributed by atoms with van der Waals surface area (Å²) in [6.07, 6.45) is 1.71. The van der Waals surface area contributed by atoms with E-state index < -0.39 is 0 Å². The van der Waals surface area contributed by atoms with Gasteiger partial charge in [0.05, 0.1) is 10.0 Å². The molecule has 0 amide bonds. The molecule has 4 heteroatoms. The smallest absolute Gasteiger partial charge is 0.123 e. The van der Waals surface area contributed by atoms with Crippen LogP contribution in [0.2, 0.25) is 10.0 Å². The van der Waals surface area contributed by atoms with Gasteiger partial charge >= 0.3 is 0 Å². The van der Waals surface area contributed by atoms with Crippen molar-refractivity contribution in [1.29, 1.82) is 0 Å². The van der Waals surface area contributed by atoms with Gasteiger partial charge in [0.2, 0.25) is 0 Å². The fourth-order valence-electron chi connectivity index (χ4n) is 1.57. The fraction of sp³-hybridized carbons (Fsp3) is 0.0833. The summed E-state index contributed by atoms with van der Waals surface area (Å²) in [5.74, 6) is 0.499. The Hall–Kier alpha value is -1.25. The van der Waals surface area contributed by atoms with Gasteiger partial charge in [0, 0.05) is 17.3 Å². The van der Waals surface area contributed by atoms with Crippen LogP contribution in [-0.2, 0) is 0 Å². The van der Waals surface area contributed by atoms with Crippen LogP contribution in [0.4, 0.5) is 5.82 Å². The molecule has 16 heavy (non-hydrogen) atoms. The number of hydrogen-bond donors (Lipinski definition) is 1. The number of anilines is 1. The van der Waals surface area contributed by atoms with E-state index in [0.717, 1.165) is 16.7 Å². The van der Waals surface area contributed by atoms with Crippen LogP contribution in [0.5, 0.6) is 0 Å². The minimum atomic E-state index is 0.499. The molecular formula is C12H10Cl2N2. The Labute approximate surface area is 104 Å². The van der Waals surface area contributed by atoms with Crippen LogP contribution in [-0.4, -0.2) is 4.98 Å². The highest BCUT2D eigenvalue weighted by molar-refractivity contribution is 6.43. The number of nitrogen functional groups attached to an aromatic ring is 1. The molecule has 2 aromatic rings. The number of rotatable bonds is 1. The first kappa shape index (κ1) is 11.2. The van der Waals surface area contributed by atoms with E-state index in [0.29, 0.717) is 15.9 Å². The maximum absolute atomic E-state index is 6.15. The van der Waals surface area contributed by atoms with Crippen LogP contribution in [0.1, 0.15) is 5.56 Å². The molecule has 2 N–H and O–H groups in total. The van der Waals surface area contributed by atoms with Crippen LogP contribution in [0, 0.1) is 6.92 Å². The van der Waals surface area contributed by atoms with E-state index >= 15 is 0 Å². The van der Waals surface area contributed by atoms with Crippen LogP contribution in [0.3, 0.4) is 0 Å². The van der Waals surface area contributed by atoms with Crippen molar-refractivity contribution in [3.05, 3.63) is 46.1 Å². The molecule has 1 heterocycles. The molecule has 0 fully saturated rings. The second-order valence-corrected chi connectivity index (χ2v) is 4.31. The van der Waals surface area contributed by atoms with E-state index in [1.807, 2.05) is 25.1 Å². The molecule has 0 spiro atoms. The molecule has 0 atom stereocenters. The second-order valence-electron chi connectivity index (χ2n) is 3.53. The molecule has 82 valence electrons. The topological polar surface area (TPSA) is 38.9 Å². The van der Waals surface area contributed by atoms with Gasteiger partial charge in [0.25, 0.3) is 0 Å². The normalized spacial score (nSPS) is 10.4. The first-order valence-corrected chi connectivity index (χ1v) is 5.51. The Morgan fingerprint density at radius 3 is 2.62 bits per heavy atom. The first-order valence-electron chi connectivity index (χ1n) is 4.76. The second kappa shape index (κ2) is 4.32. The van der Waals surface area contributed by atoms with Gasteiger partial charge in [-0.1, -0.05) is 35.3 Å². The number of aryl methyl sites for hydroxylation is 1. The molecule has 0 aliphatic heterocycles. The number of aromatic nitrogens is 1. The third kappa shape index (κ3) is 1.99. The molecule has 1 aromatic carbocycles. The van der Waals surface area contributed by atoms with Crippen LogP contribution >= 0.6 is 23.2 Å². The number of nitrogens with two attached hydrogens (primary N) is 1. The lowest BCUT2D eigenvalue weighted by Gasteiger charge is -2.09. The van der Waals surface area contributed by atoms with Gasteiger partial charge in [-0.15, -0.1) is 0 Å². The summed E-state index contributed by atoms with van der Waals surface area (Å²) < 4.78 is 0. The van der Waals surface area contributed by atoms with Gasteiger partial charge in [-0.2, -0.15) is 0 Å². The Morgan fingerprint density at radius 2 is 1.94 bits per heavy atom. The zero-order valence-corrected chi connectivity index (χ0v) is 10.2. The van der Waals surface area contributed by atoms with Crippen molar-refractivity contribution >= 4 is 29.0 Å². The lowest BCUT2D eigenvalue weighted by atomic mass is 10.0. The Morgan fingerprint density at radius 1 is 1.19 bits per heavy atom. The quantitative estimate of drug-likeness (QED) is 0.835. The molecule has 0 aliphatic rings. The summed E-state index contributed by atoms with van der Waals surface area (Å²) in [6, 6.07) is 7.34. The van der Waals surface area contributed by atoms with Crippen molar-refractivity contribution in [3.8, 4) is 11.1 Å². The third-order valence-corrected chi connectivity index (χ3v) is 3.19. The maximum atomic E-state index is 6.15. The Balaban J connectivity index is 2.63. The largest absolute Gasteiger partial charge is 0.384 e. The molecule has 2 nitrogen and oxygen atoms in total. The van der Waals surface area contributed by atoms with Crippen molar-refractivity contribution in [2.45, 2.75) is 6.92 Å².